The first-order valence-corrected chi connectivity index (χ1v) is 9.43. The number of carbonyl (C=O) groups excluding carboxylic acids is 1. The third kappa shape index (κ3) is 4.93. The van der Waals surface area contributed by atoms with Crippen molar-refractivity contribution in [2.75, 3.05) is 6.26 Å². The Labute approximate surface area is 146 Å². The van der Waals surface area contributed by atoms with Gasteiger partial charge in [0.25, 0.3) is 0 Å². The van der Waals surface area contributed by atoms with Crippen molar-refractivity contribution in [3.63, 3.8) is 0 Å². The number of rotatable bonds is 5. The molecule has 5 heteroatoms. The highest BCUT2D eigenvalue weighted by atomic mass is 32.2. The quantitative estimate of drug-likeness (QED) is 0.874. The average Bonchev–Trinajstić information content (AvgIpc) is 2.52. The molecule has 1 atom stereocenters. The van der Waals surface area contributed by atoms with Gasteiger partial charge < -0.3 is 10.6 Å². The summed E-state index contributed by atoms with van der Waals surface area (Å²) in [4.78, 5) is 12.8. The zero-order valence-corrected chi connectivity index (χ0v) is 15.4. The first-order valence-electron chi connectivity index (χ1n) is 7.87. The fraction of sp³-hybridized carbons (Fsp3) is 0.316. The highest BCUT2D eigenvalue weighted by molar-refractivity contribution is 7.84. The van der Waals surface area contributed by atoms with Gasteiger partial charge in [-0.3, -0.25) is 4.21 Å². The smallest absolute Gasteiger partial charge is 0.315 e. The molecule has 1 unspecified atom stereocenters. The number of aryl methyl sites for hydroxylation is 3. The molecule has 0 bridgehead atoms. The zero-order valence-electron chi connectivity index (χ0n) is 14.6. The van der Waals surface area contributed by atoms with Gasteiger partial charge in [-0.1, -0.05) is 29.8 Å². The van der Waals surface area contributed by atoms with E-state index < -0.39 is 10.8 Å². The number of hydrogen-bond acceptors (Lipinski definition) is 2. The number of benzene rings is 2. The van der Waals surface area contributed by atoms with Crippen molar-refractivity contribution in [2.24, 2.45) is 0 Å². The maximum atomic E-state index is 12.0. The lowest BCUT2D eigenvalue weighted by atomic mass is 10.00. The van der Waals surface area contributed by atoms with Gasteiger partial charge in [-0.15, -0.1) is 0 Å². The van der Waals surface area contributed by atoms with Crippen LogP contribution in [0.2, 0.25) is 0 Å². The van der Waals surface area contributed by atoms with Crippen LogP contribution in [0.3, 0.4) is 0 Å². The minimum atomic E-state index is -0.980. The predicted octanol–water partition coefficient (Wildman–Crippen LogP) is 3.35. The van der Waals surface area contributed by atoms with E-state index in [0.29, 0.717) is 13.1 Å². The molecular weight excluding hydrogens is 320 g/mol. The highest BCUT2D eigenvalue weighted by Crippen LogP contribution is 2.16. The molecule has 2 rings (SSSR count). The molecule has 0 aliphatic rings. The third-order valence-corrected chi connectivity index (χ3v) is 4.91. The van der Waals surface area contributed by atoms with Crippen molar-refractivity contribution in [1.29, 1.82) is 0 Å². The lowest BCUT2D eigenvalue weighted by Crippen LogP contribution is -2.34. The summed E-state index contributed by atoms with van der Waals surface area (Å²) >= 11 is 0. The second-order valence-electron chi connectivity index (χ2n) is 6.01. The third-order valence-electron chi connectivity index (χ3n) is 3.97. The van der Waals surface area contributed by atoms with E-state index in [9.17, 15) is 9.00 Å². The summed E-state index contributed by atoms with van der Waals surface area (Å²) in [5, 5.41) is 5.74. The van der Waals surface area contributed by atoms with Crippen molar-refractivity contribution in [2.45, 2.75) is 38.8 Å². The van der Waals surface area contributed by atoms with Gasteiger partial charge in [0.15, 0.2) is 0 Å². The normalized spacial score (nSPS) is 11.8. The minimum Gasteiger partial charge on any atom is -0.334 e. The molecular formula is C19H24N2O2S. The Bertz CT molecular complexity index is 731. The second-order valence-corrected chi connectivity index (χ2v) is 7.39. The molecule has 0 radical (unpaired) electrons. The van der Waals surface area contributed by atoms with Crippen LogP contribution in [0, 0.1) is 20.8 Å². The summed E-state index contributed by atoms with van der Waals surface area (Å²) in [6.45, 7) is 7.15. The summed E-state index contributed by atoms with van der Waals surface area (Å²) in [5.74, 6) is 0. The summed E-state index contributed by atoms with van der Waals surface area (Å²) in [6.07, 6.45) is 1.65. The highest BCUT2D eigenvalue weighted by Gasteiger charge is 2.06. The molecule has 0 saturated heterocycles. The van der Waals surface area contributed by atoms with Gasteiger partial charge in [0.2, 0.25) is 0 Å². The van der Waals surface area contributed by atoms with Crippen LogP contribution < -0.4 is 10.6 Å². The van der Waals surface area contributed by atoms with Gasteiger partial charge in [-0.25, -0.2) is 4.79 Å². The topological polar surface area (TPSA) is 58.2 Å². The molecule has 2 amide bonds. The van der Waals surface area contributed by atoms with Crippen LogP contribution in [-0.4, -0.2) is 16.5 Å². The Morgan fingerprint density at radius 3 is 2.04 bits per heavy atom. The molecule has 0 heterocycles. The van der Waals surface area contributed by atoms with E-state index in [4.69, 9.17) is 0 Å². The maximum Gasteiger partial charge on any atom is 0.315 e. The van der Waals surface area contributed by atoms with E-state index in [1.165, 1.54) is 16.7 Å². The van der Waals surface area contributed by atoms with Crippen LogP contribution in [0.4, 0.5) is 4.79 Å². The summed E-state index contributed by atoms with van der Waals surface area (Å²) in [7, 11) is -0.980. The SMILES string of the molecule is Cc1cc(C)c(CNC(=O)NCc2ccc(S(C)=O)cc2)c(C)c1. The average molecular weight is 344 g/mol. The number of amides is 2. The molecule has 24 heavy (non-hydrogen) atoms. The molecule has 0 spiro atoms. The fourth-order valence-electron chi connectivity index (χ4n) is 2.70. The number of hydrogen-bond donors (Lipinski definition) is 2. The summed E-state index contributed by atoms with van der Waals surface area (Å²) in [5.41, 5.74) is 5.74. The first kappa shape index (κ1) is 18.2. The van der Waals surface area contributed by atoms with Gasteiger partial charge in [-0.2, -0.15) is 0 Å². The van der Waals surface area contributed by atoms with Gasteiger partial charge in [-0.05, 0) is 55.2 Å². The van der Waals surface area contributed by atoms with Crippen molar-refractivity contribution < 1.29 is 9.00 Å². The molecule has 0 aliphatic heterocycles. The van der Waals surface area contributed by atoms with Gasteiger partial charge in [0.05, 0.1) is 0 Å². The molecule has 4 nitrogen and oxygen atoms in total. The van der Waals surface area contributed by atoms with Crippen LogP contribution in [0.1, 0.15) is 27.8 Å². The van der Waals surface area contributed by atoms with Gasteiger partial charge >= 0.3 is 6.03 Å². The Morgan fingerprint density at radius 1 is 0.958 bits per heavy atom. The van der Waals surface area contributed by atoms with E-state index in [1.807, 2.05) is 24.3 Å². The number of urea groups is 1. The molecule has 0 saturated carbocycles. The fourth-order valence-corrected chi connectivity index (χ4v) is 3.22. The summed E-state index contributed by atoms with van der Waals surface area (Å²) in [6, 6.07) is 11.5. The van der Waals surface area contributed by atoms with E-state index >= 15 is 0 Å². The standard InChI is InChI=1S/C19H24N2O2S/c1-13-9-14(2)18(15(3)10-13)12-21-19(22)20-11-16-5-7-17(8-6-16)24(4)23/h5-10H,11-12H2,1-4H3,(H2,20,21,22). The van der Waals surface area contributed by atoms with Crippen LogP contribution in [0.25, 0.3) is 0 Å². The Morgan fingerprint density at radius 2 is 1.50 bits per heavy atom. The number of carbonyl (C=O) groups is 1. The van der Waals surface area contributed by atoms with Crippen molar-refractivity contribution >= 4 is 16.8 Å². The predicted molar refractivity (Wildman–Crippen MR) is 98.5 cm³/mol. The van der Waals surface area contributed by atoms with E-state index in [0.717, 1.165) is 16.0 Å². The molecule has 128 valence electrons. The molecule has 2 N–H and O–H groups in total. The Kier molecular flexibility index (Phi) is 6.15. The van der Waals surface area contributed by atoms with Gasteiger partial charge in [0, 0.05) is 35.0 Å². The van der Waals surface area contributed by atoms with Crippen LogP contribution in [-0.2, 0) is 23.9 Å². The van der Waals surface area contributed by atoms with E-state index in [2.05, 4.69) is 43.5 Å². The van der Waals surface area contributed by atoms with Crippen LogP contribution in [0.15, 0.2) is 41.3 Å². The lowest BCUT2D eigenvalue weighted by Gasteiger charge is -2.13. The molecule has 0 fully saturated rings. The van der Waals surface area contributed by atoms with Crippen molar-refractivity contribution in [3.05, 3.63) is 64.2 Å². The van der Waals surface area contributed by atoms with E-state index in [1.54, 1.807) is 6.26 Å². The van der Waals surface area contributed by atoms with E-state index in [-0.39, 0.29) is 6.03 Å². The van der Waals surface area contributed by atoms with Crippen LogP contribution in [0.5, 0.6) is 0 Å². The minimum absolute atomic E-state index is 0.197. The Hall–Kier alpha value is -2.14. The summed E-state index contributed by atoms with van der Waals surface area (Å²) < 4.78 is 11.4. The molecule has 2 aromatic carbocycles. The first-order chi connectivity index (χ1) is 11.4. The molecule has 0 aliphatic carbocycles. The Balaban J connectivity index is 1.87. The van der Waals surface area contributed by atoms with Crippen molar-refractivity contribution in [3.8, 4) is 0 Å². The van der Waals surface area contributed by atoms with Crippen LogP contribution >= 0.6 is 0 Å². The molecule has 2 aromatic rings. The second kappa shape index (κ2) is 8.11. The zero-order chi connectivity index (χ0) is 17.7. The monoisotopic (exact) mass is 344 g/mol. The number of nitrogens with one attached hydrogen (secondary N) is 2. The lowest BCUT2D eigenvalue weighted by molar-refractivity contribution is 0.240. The molecule has 0 aromatic heterocycles. The largest absolute Gasteiger partial charge is 0.334 e. The maximum absolute atomic E-state index is 12.0. The van der Waals surface area contributed by atoms with Gasteiger partial charge in [0.1, 0.15) is 0 Å². The van der Waals surface area contributed by atoms with Crippen molar-refractivity contribution in [1.82, 2.24) is 10.6 Å².